The molecule has 9 nitrogen and oxygen atoms in total. The third kappa shape index (κ3) is 3.53. The molecule has 2 heterocycles. The maximum Gasteiger partial charge on any atom is 0.333 e. The van der Waals surface area contributed by atoms with Gasteiger partial charge in [-0.05, 0) is 31.2 Å². The predicted octanol–water partition coefficient (Wildman–Crippen LogP) is 2.60. The number of fused-ring (bicyclic) bond motifs is 1. The molecule has 0 atom stereocenters. The fraction of sp³-hybridized carbons (Fsp3) is 0.174. The van der Waals surface area contributed by atoms with Crippen LogP contribution in [0.2, 0.25) is 0 Å². The van der Waals surface area contributed by atoms with E-state index in [0.29, 0.717) is 22.9 Å². The van der Waals surface area contributed by atoms with E-state index in [4.69, 9.17) is 9.47 Å². The van der Waals surface area contributed by atoms with Gasteiger partial charge < -0.3 is 24.3 Å². The van der Waals surface area contributed by atoms with Crippen molar-refractivity contribution < 1.29 is 14.3 Å². The lowest BCUT2D eigenvalue weighted by Crippen LogP contribution is -2.34. The van der Waals surface area contributed by atoms with E-state index in [0.717, 1.165) is 10.1 Å². The van der Waals surface area contributed by atoms with Crippen LogP contribution in [0.3, 0.4) is 0 Å². The normalized spacial score (nSPS) is 10.9. The number of aryl methyl sites for hydroxylation is 2. The first-order valence-corrected chi connectivity index (χ1v) is 9.79. The first kappa shape index (κ1) is 21.0. The largest absolute Gasteiger partial charge is 0.493 e. The fourth-order valence-corrected chi connectivity index (χ4v) is 3.58. The number of nitrogens with one attached hydrogen (secondary N) is 2. The van der Waals surface area contributed by atoms with Crippen molar-refractivity contribution in [2.75, 3.05) is 19.5 Å². The molecule has 164 valence electrons. The van der Waals surface area contributed by atoms with Gasteiger partial charge in [0, 0.05) is 25.0 Å². The average Bonchev–Trinajstić information content (AvgIpc) is 3.11. The van der Waals surface area contributed by atoms with Gasteiger partial charge in [-0.15, -0.1) is 0 Å². The Balaban J connectivity index is 1.78. The molecule has 0 spiro atoms. The van der Waals surface area contributed by atoms with Crippen molar-refractivity contribution in [1.29, 1.82) is 0 Å². The molecule has 0 aliphatic rings. The van der Waals surface area contributed by atoms with E-state index in [1.165, 1.54) is 25.0 Å². The van der Waals surface area contributed by atoms with Crippen LogP contribution in [0.25, 0.3) is 16.7 Å². The van der Waals surface area contributed by atoms with Crippen LogP contribution >= 0.6 is 0 Å². The van der Waals surface area contributed by atoms with Crippen LogP contribution in [0.1, 0.15) is 15.9 Å². The first-order valence-electron chi connectivity index (χ1n) is 9.79. The van der Waals surface area contributed by atoms with Crippen LogP contribution in [0.4, 0.5) is 5.69 Å². The summed E-state index contributed by atoms with van der Waals surface area (Å²) >= 11 is 0. The van der Waals surface area contributed by atoms with Gasteiger partial charge in [0.25, 0.3) is 11.5 Å². The van der Waals surface area contributed by atoms with Crippen LogP contribution in [0.15, 0.2) is 58.3 Å². The summed E-state index contributed by atoms with van der Waals surface area (Å²) < 4.78 is 13.0. The monoisotopic (exact) mass is 434 g/mol. The molecule has 0 bridgehead atoms. The number of aromatic nitrogens is 3. The molecule has 2 aromatic carbocycles. The minimum atomic E-state index is -0.627. The molecule has 2 aromatic heterocycles. The number of hydrogen-bond acceptors (Lipinski definition) is 5. The summed E-state index contributed by atoms with van der Waals surface area (Å²) in [4.78, 5) is 41.6. The van der Waals surface area contributed by atoms with Crippen LogP contribution in [-0.2, 0) is 7.05 Å². The zero-order valence-electron chi connectivity index (χ0n) is 18.1. The van der Waals surface area contributed by atoms with Gasteiger partial charge >= 0.3 is 5.69 Å². The molecule has 2 N–H and O–H groups in total. The SMILES string of the molecule is COc1ccc(NC(=O)c2cn(C)c3c(=O)n(-c4ccc(C)cc4)c(=O)[nH]c23)cc1OC. The van der Waals surface area contributed by atoms with Gasteiger partial charge in [0.15, 0.2) is 11.5 Å². The molecule has 1 amide bonds. The maximum atomic E-state index is 13.2. The lowest BCUT2D eigenvalue weighted by atomic mass is 10.2. The molecule has 0 saturated heterocycles. The highest BCUT2D eigenvalue weighted by atomic mass is 16.5. The topological polar surface area (TPSA) is 107 Å². The lowest BCUT2D eigenvalue weighted by molar-refractivity contribution is 0.102. The number of H-pyrrole nitrogens is 1. The number of methoxy groups -OCH3 is 2. The summed E-state index contributed by atoms with van der Waals surface area (Å²) in [6.07, 6.45) is 1.51. The highest BCUT2D eigenvalue weighted by Crippen LogP contribution is 2.30. The summed E-state index contributed by atoms with van der Waals surface area (Å²) in [7, 11) is 4.67. The quantitative estimate of drug-likeness (QED) is 0.502. The van der Waals surface area contributed by atoms with Gasteiger partial charge in [-0.3, -0.25) is 9.59 Å². The molecular formula is C23H22N4O5. The Morgan fingerprint density at radius 3 is 2.34 bits per heavy atom. The highest BCUT2D eigenvalue weighted by molar-refractivity contribution is 6.11. The second kappa shape index (κ2) is 8.10. The van der Waals surface area contributed by atoms with E-state index in [1.807, 2.05) is 19.1 Å². The van der Waals surface area contributed by atoms with Gasteiger partial charge in [-0.2, -0.15) is 0 Å². The predicted molar refractivity (Wildman–Crippen MR) is 121 cm³/mol. The lowest BCUT2D eigenvalue weighted by Gasteiger charge is -2.10. The van der Waals surface area contributed by atoms with E-state index in [9.17, 15) is 14.4 Å². The number of hydrogen-bond donors (Lipinski definition) is 2. The van der Waals surface area contributed by atoms with E-state index in [-0.39, 0.29) is 16.6 Å². The molecule has 0 aliphatic carbocycles. The van der Waals surface area contributed by atoms with Crippen molar-refractivity contribution in [2.24, 2.45) is 7.05 Å². The van der Waals surface area contributed by atoms with Crippen LogP contribution < -0.4 is 26.0 Å². The zero-order valence-corrected chi connectivity index (χ0v) is 18.1. The summed E-state index contributed by atoms with van der Waals surface area (Å²) in [5.74, 6) is 0.500. The molecule has 0 aliphatic heterocycles. The smallest absolute Gasteiger partial charge is 0.333 e. The molecular weight excluding hydrogens is 412 g/mol. The highest BCUT2D eigenvalue weighted by Gasteiger charge is 2.20. The van der Waals surface area contributed by atoms with E-state index >= 15 is 0 Å². The van der Waals surface area contributed by atoms with E-state index in [1.54, 1.807) is 37.4 Å². The van der Waals surface area contributed by atoms with E-state index in [2.05, 4.69) is 10.3 Å². The molecule has 0 saturated carbocycles. The number of carbonyl (C=O) groups is 1. The van der Waals surface area contributed by atoms with Crippen molar-refractivity contribution in [3.05, 3.63) is 80.6 Å². The Hall–Kier alpha value is -4.27. The molecule has 4 aromatic rings. The van der Waals surface area contributed by atoms with Crippen molar-refractivity contribution >= 4 is 22.6 Å². The fourth-order valence-electron chi connectivity index (χ4n) is 3.58. The van der Waals surface area contributed by atoms with Crippen LogP contribution in [0, 0.1) is 6.92 Å². The number of rotatable bonds is 5. The van der Waals surface area contributed by atoms with Gasteiger partial charge in [0.2, 0.25) is 0 Å². The average molecular weight is 434 g/mol. The maximum absolute atomic E-state index is 13.2. The number of benzene rings is 2. The van der Waals surface area contributed by atoms with E-state index < -0.39 is 17.2 Å². The Morgan fingerprint density at radius 2 is 1.69 bits per heavy atom. The second-order valence-electron chi connectivity index (χ2n) is 7.31. The summed E-state index contributed by atoms with van der Waals surface area (Å²) in [6.45, 7) is 1.92. The van der Waals surface area contributed by atoms with Gasteiger partial charge in [0.05, 0.1) is 31.0 Å². The van der Waals surface area contributed by atoms with Crippen molar-refractivity contribution in [3.8, 4) is 17.2 Å². The minimum absolute atomic E-state index is 0.169. The minimum Gasteiger partial charge on any atom is -0.493 e. The second-order valence-corrected chi connectivity index (χ2v) is 7.31. The Morgan fingerprint density at radius 1 is 1.00 bits per heavy atom. The zero-order chi connectivity index (χ0) is 23.0. The molecule has 0 fully saturated rings. The summed E-state index contributed by atoms with van der Waals surface area (Å²) in [6, 6.07) is 12.0. The summed E-state index contributed by atoms with van der Waals surface area (Å²) in [5, 5.41) is 2.76. The number of carbonyl (C=O) groups excluding carboxylic acids is 1. The number of ether oxygens (including phenoxy) is 2. The molecule has 4 rings (SSSR count). The van der Waals surface area contributed by atoms with Crippen molar-refractivity contribution in [3.63, 3.8) is 0 Å². The number of amides is 1. The Kier molecular flexibility index (Phi) is 5.31. The van der Waals surface area contributed by atoms with Crippen LogP contribution in [-0.4, -0.2) is 34.2 Å². The Bertz CT molecular complexity index is 1440. The first-order chi connectivity index (χ1) is 15.3. The molecule has 32 heavy (non-hydrogen) atoms. The number of nitrogens with zero attached hydrogens (tertiary/aromatic N) is 2. The summed E-state index contributed by atoms with van der Waals surface area (Å²) in [5.41, 5.74) is 1.33. The molecule has 0 radical (unpaired) electrons. The van der Waals surface area contributed by atoms with Gasteiger partial charge in [-0.25, -0.2) is 9.36 Å². The van der Waals surface area contributed by atoms with Crippen LogP contribution in [0.5, 0.6) is 11.5 Å². The van der Waals surface area contributed by atoms with Crippen molar-refractivity contribution in [1.82, 2.24) is 14.1 Å². The standard InChI is InChI=1S/C23H22N4O5/c1-13-5-8-15(9-6-13)27-22(29)20-19(25-23(27)30)16(12-26(20)2)21(28)24-14-7-10-17(31-3)18(11-14)32-4/h5-12H,1-4H3,(H,24,28)(H,25,30). The van der Waals surface area contributed by atoms with Crippen molar-refractivity contribution in [2.45, 2.75) is 6.92 Å². The molecule has 0 unspecified atom stereocenters. The third-order valence-electron chi connectivity index (χ3n) is 5.20. The number of anilines is 1. The number of aromatic amines is 1. The third-order valence-corrected chi connectivity index (χ3v) is 5.20. The Labute approximate surface area is 182 Å². The van der Waals surface area contributed by atoms with Gasteiger partial charge in [0.1, 0.15) is 5.52 Å². The van der Waals surface area contributed by atoms with Gasteiger partial charge in [-0.1, -0.05) is 17.7 Å². The molecule has 9 heteroatoms.